The first kappa shape index (κ1) is 30.4. The van der Waals surface area contributed by atoms with Crippen molar-refractivity contribution in [3.63, 3.8) is 0 Å². The summed E-state index contributed by atoms with van der Waals surface area (Å²) >= 11 is 0. The van der Waals surface area contributed by atoms with Gasteiger partial charge >= 0.3 is 0 Å². The molecule has 37 heavy (non-hydrogen) atoms. The van der Waals surface area contributed by atoms with Gasteiger partial charge in [-0.3, -0.25) is 13.9 Å². The van der Waals surface area contributed by atoms with Crippen LogP contribution in [-0.2, 0) is 32.6 Å². The molecule has 0 aliphatic heterocycles. The number of nitrogens with one attached hydrogen (secondary N) is 1. The molecule has 0 radical (unpaired) electrons. The summed E-state index contributed by atoms with van der Waals surface area (Å²) < 4.78 is 26.4. The Hall–Kier alpha value is -2.87. The van der Waals surface area contributed by atoms with Crippen molar-refractivity contribution in [2.24, 2.45) is 5.92 Å². The molecule has 1 atom stereocenters. The number of amides is 2. The van der Waals surface area contributed by atoms with Gasteiger partial charge in [0.15, 0.2) is 0 Å². The number of benzene rings is 2. The summed E-state index contributed by atoms with van der Waals surface area (Å²) in [4.78, 5) is 28.2. The van der Waals surface area contributed by atoms with Crippen molar-refractivity contribution in [3.8, 4) is 0 Å². The van der Waals surface area contributed by atoms with Crippen LogP contribution in [0.4, 0.5) is 5.69 Å². The van der Waals surface area contributed by atoms with Gasteiger partial charge in [0, 0.05) is 26.1 Å². The van der Waals surface area contributed by atoms with E-state index in [-0.39, 0.29) is 24.8 Å². The number of hydrogen-bond donors (Lipinski definition) is 1. The minimum Gasteiger partial charge on any atom is -0.354 e. The quantitative estimate of drug-likeness (QED) is 0.385. The lowest BCUT2D eigenvalue weighted by Crippen LogP contribution is -2.49. The van der Waals surface area contributed by atoms with Crippen LogP contribution in [0.1, 0.15) is 63.6 Å². The van der Waals surface area contributed by atoms with E-state index in [1.807, 2.05) is 71.0 Å². The maximum absolute atomic E-state index is 13.5. The molecule has 0 saturated carbocycles. The predicted molar refractivity (Wildman–Crippen MR) is 151 cm³/mol. The van der Waals surface area contributed by atoms with Crippen molar-refractivity contribution in [1.82, 2.24) is 10.2 Å². The maximum Gasteiger partial charge on any atom is 0.242 e. The Morgan fingerprint density at radius 2 is 1.68 bits per heavy atom. The molecule has 0 saturated heterocycles. The average Bonchev–Trinajstić information content (AvgIpc) is 2.84. The van der Waals surface area contributed by atoms with E-state index in [2.05, 4.69) is 5.32 Å². The van der Waals surface area contributed by atoms with E-state index in [0.29, 0.717) is 37.5 Å². The van der Waals surface area contributed by atoms with Crippen molar-refractivity contribution in [1.29, 1.82) is 0 Å². The van der Waals surface area contributed by atoms with Crippen molar-refractivity contribution >= 4 is 27.5 Å². The Bertz CT molecular complexity index is 1130. The molecule has 2 rings (SSSR count). The summed E-state index contributed by atoms with van der Waals surface area (Å²) in [5.41, 5.74) is 3.75. The number of hydrogen-bond acceptors (Lipinski definition) is 4. The fourth-order valence-electron chi connectivity index (χ4n) is 4.25. The van der Waals surface area contributed by atoms with Crippen molar-refractivity contribution in [3.05, 3.63) is 65.2 Å². The molecular weight excluding hydrogens is 486 g/mol. The van der Waals surface area contributed by atoms with E-state index < -0.39 is 16.1 Å². The van der Waals surface area contributed by atoms with E-state index in [0.717, 1.165) is 23.1 Å². The first-order chi connectivity index (χ1) is 17.5. The first-order valence-electron chi connectivity index (χ1n) is 13.2. The van der Waals surface area contributed by atoms with Crippen LogP contribution < -0.4 is 9.62 Å². The molecule has 0 aliphatic carbocycles. The van der Waals surface area contributed by atoms with E-state index in [1.54, 1.807) is 17.0 Å². The normalized spacial score (nSPS) is 12.3. The third-order valence-corrected chi connectivity index (χ3v) is 7.48. The zero-order chi connectivity index (χ0) is 27.6. The molecule has 7 nitrogen and oxygen atoms in total. The molecule has 2 aromatic carbocycles. The SMILES string of the molecule is CCc1ccc(N(CCCC(=O)N(Cc2cccc(C)c2)[C@@H](CC)C(=O)NCC(C)C)S(C)(=O)=O)cc1. The third-order valence-electron chi connectivity index (χ3n) is 6.29. The smallest absolute Gasteiger partial charge is 0.242 e. The summed E-state index contributed by atoms with van der Waals surface area (Å²) in [5, 5.41) is 2.97. The standard InChI is InChI=1S/C29H43N3O4S/c1-7-24-14-16-26(17-15-24)32(37(6,35)36)18-10-13-28(33)31(21-25-12-9-11-23(5)19-25)27(8-2)29(34)30-20-22(3)4/h9,11-12,14-17,19,22,27H,7-8,10,13,18,20-21H2,1-6H3,(H,30,34)/t27-/m0/s1. The lowest BCUT2D eigenvalue weighted by atomic mass is 10.1. The molecule has 0 heterocycles. The third kappa shape index (κ3) is 9.50. The molecule has 8 heteroatoms. The van der Waals surface area contributed by atoms with Crippen molar-refractivity contribution < 1.29 is 18.0 Å². The van der Waals surface area contributed by atoms with Crippen LogP contribution in [0.15, 0.2) is 48.5 Å². The van der Waals surface area contributed by atoms with Gasteiger partial charge in [0.1, 0.15) is 6.04 Å². The number of rotatable bonds is 14. The Kier molecular flexibility index (Phi) is 11.6. The largest absolute Gasteiger partial charge is 0.354 e. The van der Waals surface area contributed by atoms with Crippen LogP contribution in [0.25, 0.3) is 0 Å². The van der Waals surface area contributed by atoms with Gasteiger partial charge in [-0.2, -0.15) is 0 Å². The Morgan fingerprint density at radius 1 is 1.00 bits per heavy atom. The molecular formula is C29H43N3O4S. The second kappa shape index (κ2) is 14.2. The van der Waals surface area contributed by atoms with Crippen LogP contribution >= 0.6 is 0 Å². The number of nitrogens with zero attached hydrogens (tertiary/aromatic N) is 2. The molecule has 1 N–H and O–H groups in total. The van der Waals surface area contributed by atoms with Crippen LogP contribution in [0, 0.1) is 12.8 Å². The topological polar surface area (TPSA) is 86.8 Å². The van der Waals surface area contributed by atoms with Gasteiger partial charge in [-0.1, -0.05) is 69.7 Å². The van der Waals surface area contributed by atoms with Crippen LogP contribution in [-0.4, -0.2) is 50.5 Å². The first-order valence-corrected chi connectivity index (χ1v) is 15.0. The van der Waals surface area contributed by atoms with E-state index in [1.165, 1.54) is 10.6 Å². The summed E-state index contributed by atoms with van der Waals surface area (Å²) in [6, 6.07) is 14.8. The monoisotopic (exact) mass is 529 g/mol. The Balaban J connectivity index is 2.20. The highest BCUT2D eigenvalue weighted by Crippen LogP contribution is 2.21. The summed E-state index contributed by atoms with van der Waals surface area (Å²) in [6.45, 7) is 11.1. The summed E-state index contributed by atoms with van der Waals surface area (Å²) in [5.74, 6) is -0.0236. The van der Waals surface area contributed by atoms with E-state index >= 15 is 0 Å². The predicted octanol–water partition coefficient (Wildman–Crippen LogP) is 4.68. The van der Waals surface area contributed by atoms with Gasteiger partial charge in [-0.15, -0.1) is 0 Å². The van der Waals surface area contributed by atoms with E-state index in [4.69, 9.17) is 0 Å². The fraction of sp³-hybridized carbons (Fsp3) is 0.517. The summed E-state index contributed by atoms with van der Waals surface area (Å²) in [7, 11) is -3.51. The molecule has 0 spiro atoms. The van der Waals surface area contributed by atoms with Gasteiger partial charge in [0.2, 0.25) is 21.8 Å². The summed E-state index contributed by atoms with van der Waals surface area (Å²) in [6.07, 6.45) is 3.02. The van der Waals surface area contributed by atoms with Crippen LogP contribution in [0.5, 0.6) is 0 Å². The number of sulfonamides is 1. The molecule has 0 fully saturated rings. The Morgan fingerprint density at radius 3 is 2.22 bits per heavy atom. The van der Waals surface area contributed by atoms with Gasteiger partial charge in [0.25, 0.3) is 0 Å². The average molecular weight is 530 g/mol. The number of carbonyl (C=O) groups is 2. The fourth-order valence-corrected chi connectivity index (χ4v) is 5.22. The second-order valence-corrected chi connectivity index (χ2v) is 11.9. The minimum absolute atomic E-state index is 0.138. The molecule has 0 bridgehead atoms. The van der Waals surface area contributed by atoms with E-state index in [9.17, 15) is 18.0 Å². The Labute approximate surface area is 223 Å². The van der Waals surface area contributed by atoms with Crippen molar-refractivity contribution in [2.75, 3.05) is 23.7 Å². The number of anilines is 1. The highest BCUT2D eigenvalue weighted by molar-refractivity contribution is 7.92. The molecule has 0 aromatic heterocycles. The van der Waals surface area contributed by atoms with Gasteiger partial charge in [0.05, 0.1) is 11.9 Å². The zero-order valence-corrected chi connectivity index (χ0v) is 24.0. The molecule has 0 aliphatic rings. The molecule has 2 amide bonds. The van der Waals surface area contributed by atoms with Crippen LogP contribution in [0.3, 0.4) is 0 Å². The van der Waals surface area contributed by atoms with Gasteiger partial charge in [-0.05, 0) is 55.4 Å². The lowest BCUT2D eigenvalue weighted by Gasteiger charge is -2.31. The van der Waals surface area contributed by atoms with Crippen LogP contribution in [0.2, 0.25) is 0 Å². The number of aryl methyl sites for hydroxylation is 2. The molecule has 2 aromatic rings. The maximum atomic E-state index is 13.5. The molecule has 204 valence electrons. The van der Waals surface area contributed by atoms with Gasteiger partial charge < -0.3 is 10.2 Å². The highest BCUT2D eigenvalue weighted by atomic mass is 32.2. The van der Waals surface area contributed by atoms with Crippen molar-refractivity contribution in [2.45, 2.75) is 72.9 Å². The lowest BCUT2D eigenvalue weighted by molar-refractivity contribution is -0.141. The molecule has 0 unspecified atom stereocenters. The minimum atomic E-state index is -3.51. The van der Waals surface area contributed by atoms with Gasteiger partial charge in [-0.25, -0.2) is 8.42 Å². The second-order valence-electron chi connectivity index (χ2n) is 10.0. The zero-order valence-electron chi connectivity index (χ0n) is 23.2. The number of carbonyl (C=O) groups excluding carboxylic acids is 2. The highest BCUT2D eigenvalue weighted by Gasteiger charge is 2.29.